The Labute approximate surface area is 218 Å². The van der Waals surface area contributed by atoms with Gasteiger partial charge >= 0.3 is 0 Å². The summed E-state index contributed by atoms with van der Waals surface area (Å²) in [6.07, 6.45) is 26.7. The van der Waals surface area contributed by atoms with E-state index in [0.717, 1.165) is 11.8 Å². The fraction of sp³-hybridized carbons (Fsp3) is 0.657. The van der Waals surface area contributed by atoms with E-state index in [4.69, 9.17) is 0 Å². The largest absolute Gasteiger partial charge is 0.0654 e. The van der Waals surface area contributed by atoms with E-state index in [9.17, 15) is 0 Å². The van der Waals surface area contributed by atoms with Gasteiger partial charge in [0.05, 0.1) is 0 Å². The van der Waals surface area contributed by atoms with Crippen molar-refractivity contribution in [2.75, 3.05) is 0 Å². The van der Waals surface area contributed by atoms with Gasteiger partial charge in [0.2, 0.25) is 0 Å². The van der Waals surface area contributed by atoms with Crippen molar-refractivity contribution in [1.29, 1.82) is 0 Å². The summed E-state index contributed by atoms with van der Waals surface area (Å²) in [4.78, 5) is 0. The standard InChI is InChI=1S/C35H54/c1-3-5-7-9-10-11-12-13-15-17-31-20-24-33(25-21-31)35-28-26-34(27-29-35)32-22-18-30(19-23-32)16-14-8-6-4-2/h20-21,24-30,32H,3-19,22-23H2,1-2H3. The molecule has 1 fully saturated rings. The molecule has 35 heavy (non-hydrogen) atoms. The predicted octanol–water partition coefficient (Wildman–Crippen LogP) is 11.7. The van der Waals surface area contributed by atoms with Crippen molar-refractivity contribution in [3.63, 3.8) is 0 Å². The Hall–Kier alpha value is -1.56. The van der Waals surface area contributed by atoms with Gasteiger partial charge in [0.1, 0.15) is 0 Å². The van der Waals surface area contributed by atoms with Gasteiger partial charge in [0.15, 0.2) is 0 Å². The first kappa shape index (κ1) is 28.0. The SMILES string of the molecule is CCCCCCCCCCCc1ccc(-c2ccc(C3CCC(CCCCCC)CC3)cc2)cc1. The number of rotatable bonds is 17. The molecule has 0 radical (unpaired) electrons. The highest BCUT2D eigenvalue weighted by Crippen LogP contribution is 2.38. The van der Waals surface area contributed by atoms with E-state index in [1.807, 2.05) is 0 Å². The van der Waals surface area contributed by atoms with E-state index < -0.39 is 0 Å². The van der Waals surface area contributed by atoms with Crippen molar-refractivity contribution >= 4 is 0 Å². The smallest absolute Gasteiger partial charge is 0.0162 e. The molecule has 0 amide bonds. The highest BCUT2D eigenvalue weighted by molar-refractivity contribution is 5.64. The van der Waals surface area contributed by atoms with E-state index >= 15 is 0 Å². The van der Waals surface area contributed by atoms with Gasteiger partial charge in [0, 0.05) is 0 Å². The lowest BCUT2D eigenvalue weighted by Gasteiger charge is -2.29. The lowest BCUT2D eigenvalue weighted by atomic mass is 9.77. The molecule has 0 aliphatic heterocycles. The summed E-state index contributed by atoms with van der Waals surface area (Å²) >= 11 is 0. The number of hydrogen-bond acceptors (Lipinski definition) is 0. The van der Waals surface area contributed by atoms with Gasteiger partial charge in [-0.3, -0.25) is 0 Å². The van der Waals surface area contributed by atoms with E-state index in [0.29, 0.717) is 0 Å². The molecule has 0 heterocycles. The third-order valence-electron chi connectivity index (χ3n) is 8.55. The average Bonchev–Trinajstić information content (AvgIpc) is 2.91. The van der Waals surface area contributed by atoms with Crippen molar-refractivity contribution < 1.29 is 0 Å². The highest BCUT2D eigenvalue weighted by Gasteiger charge is 2.22. The summed E-state index contributed by atoms with van der Waals surface area (Å²) in [5.41, 5.74) is 5.80. The van der Waals surface area contributed by atoms with E-state index in [-0.39, 0.29) is 0 Å². The summed E-state index contributed by atoms with van der Waals surface area (Å²) in [6.45, 7) is 4.61. The van der Waals surface area contributed by atoms with Crippen molar-refractivity contribution in [3.05, 3.63) is 59.7 Å². The number of unbranched alkanes of at least 4 members (excludes halogenated alkanes) is 11. The van der Waals surface area contributed by atoms with Crippen LogP contribution in [0.5, 0.6) is 0 Å². The Morgan fingerprint density at radius 1 is 0.514 bits per heavy atom. The summed E-state index contributed by atoms with van der Waals surface area (Å²) in [7, 11) is 0. The topological polar surface area (TPSA) is 0 Å². The molecular formula is C35H54. The van der Waals surface area contributed by atoms with E-state index in [1.165, 1.54) is 139 Å². The molecule has 0 bridgehead atoms. The van der Waals surface area contributed by atoms with Gasteiger partial charge in [-0.1, -0.05) is 146 Å². The van der Waals surface area contributed by atoms with Crippen LogP contribution in [-0.4, -0.2) is 0 Å². The van der Waals surface area contributed by atoms with Crippen LogP contribution < -0.4 is 0 Å². The normalized spacial score (nSPS) is 18.1. The Morgan fingerprint density at radius 2 is 1.00 bits per heavy atom. The van der Waals surface area contributed by atoms with Gasteiger partial charge in [0.25, 0.3) is 0 Å². The van der Waals surface area contributed by atoms with Crippen LogP contribution in [0.1, 0.15) is 146 Å². The number of hydrogen-bond donors (Lipinski definition) is 0. The first-order valence-electron chi connectivity index (χ1n) is 15.5. The third-order valence-corrected chi connectivity index (χ3v) is 8.55. The summed E-state index contributed by atoms with van der Waals surface area (Å²) in [5.74, 6) is 1.78. The van der Waals surface area contributed by atoms with Gasteiger partial charge < -0.3 is 0 Å². The molecule has 194 valence electrons. The van der Waals surface area contributed by atoms with Crippen LogP contribution in [0.2, 0.25) is 0 Å². The molecular weight excluding hydrogens is 420 g/mol. The Bertz CT molecular complexity index is 761. The minimum absolute atomic E-state index is 0.787. The van der Waals surface area contributed by atoms with Crippen molar-refractivity contribution in [2.24, 2.45) is 5.92 Å². The second-order valence-electron chi connectivity index (χ2n) is 11.5. The zero-order chi connectivity index (χ0) is 24.6. The maximum atomic E-state index is 2.41. The molecule has 0 nitrogen and oxygen atoms in total. The quantitative estimate of drug-likeness (QED) is 0.200. The molecule has 2 aromatic rings. The minimum Gasteiger partial charge on any atom is -0.0654 e. The van der Waals surface area contributed by atoms with Crippen LogP contribution in [0, 0.1) is 5.92 Å². The molecule has 0 saturated heterocycles. The first-order chi connectivity index (χ1) is 17.3. The maximum absolute atomic E-state index is 2.41. The van der Waals surface area contributed by atoms with E-state index in [1.54, 1.807) is 5.56 Å². The maximum Gasteiger partial charge on any atom is -0.0162 e. The molecule has 0 spiro atoms. The Morgan fingerprint density at radius 3 is 1.57 bits per heavy atom. The average molecular weight is 475 g/mol. The van der Waals surface area contributed by atoms with Crippen LogP contribution in [0.4, 0.5) is 0 Å². The monoisotopic (exact) mass is 474 g/mol. The van der Waals surface area contributed by atoms with Gasteiger partial charge in [-0.05, 0) is 72.6 Å². The van der Waals surface area contributed by atoms with Crippen LogP contribution in [-0.2, 0) is 6.42 Å². The van der Waals surface area contributed by atoms with E-state index in [2.05, 4.69) is 62.4 Å². The molecule has 3 rings (SSSR count). The molecule has 0 unspecified atom stereocenters. The molecule has 1 aliphatic rings. The first-order valence-corrected chi connectivity index (χ1v) is 15.5. The molecule has 1 saturated carbocycles. The van der Waals surface area contributed by atoms with Gasteiger partial charge in [-0.25, -0.2) is 0 Å². The molecule has 0 N–H and O–H groups in total. The van der Waals surface area contributed by atoms with Gasteiger partial charge in [-0.2, -0.15) is 0 Å². The minimum atomic E-state index is 0.787. The Kier molecular flexibility index (Phi) is 13.6. The summed E-state index contributed by atoms with van der Waals surface area (Å²) < 4.78 is 0. The van der Waals surface area contributed by atoms with Gasteiger partial charge in [-0.15, -0.1) is 0 Å². The lowest BCUT2D eigenvalue weighted by molar-refractivity contribution is 0.302. The number of benzene rings is 2. The third kappa shape index (κ3) is 10.5. The van der Waals surface area contributed by atoms with Crippen LogP contribution in [0.15, 0.2) is 48.5 Å². The summed E-state index contributed by atoms with van der Waals surface area (Å²) in [5, 5.41) is 0. The van der Waals surface area contributed by atoms with Crippen molar-refractivity contribution in [1.82, 2.24) is 0 Å². The highest BCUT2D eigenvalue weighted by atomic mass is 14.3. The fourth-order valence-electron chi connectivity index (χ4n) is 6.10. The van der Waals surface area contributed by atoms with Crippen LogP contribution in [0.3, 0.4) is 0 Å². The fourth-order valence-corrected chi connectivity index (χ4v) is 6.10. The second kappa shape index (κ2) is 17.0. The molecule has 1 aliphatic carbocycles. The van der Waals surface area contributed by atoms with Crippen molar-refractivity contribution in [2.45, 2.75) is 142 Å². The van der Waals surface area contributed by atoms with Crippen LogP contribution >= 0.6 is 0 Å². The Balaban J connectivity index is 1.34. The lowest BCUT2D eigenvalue weighted by Crippen LogP contribution is -2.13. The second-order valence-corrected chi connectivity index (χ2v) is 11.5. The molecule has 0 atom stereocenters. The van der Waals surface area contributed by atoms with Crippen LogP contribution in [0.25, 0.3) is 11.1 Å². The molecule has 0 aromatic heterocycles. The zero-order valence-electron chi connectivity index (χ0n) is 23.2. The van der Waals surface area contributed by atoms with Crippen molar-refractivity contribution in [3.8, 4) is 11.1 Å². The number of aryl methyl sites for hydroxylation is 1. The predicted molar refractivity (Wildman–Crippen MR) is 156 cm³/mol. The molecule has 0 heteroatoms. The molecule has 2 aromatic carbocycles. The zero-order valence-corrected chi connectivity index (χ0v) is 23.2. The summed E-state index contributed by atoms with van der Waals surface area (Å²) in [6, 6.07) is 18.9.